The lowest BCUT2D eigenvalue weighted by molar-refractivity contribution is -0.137. The second kappa shape index (κ2) is 5.26. The maximum absolute atomic E-state index is 12.9. The topological polar surface area (TPSA) is 30.0 Å². The van der Waals surface area contributed by atoms with Gasteiger partial charge in [0.05, 0.1) is 5.56 Å². The minimum absolute atomic E-state index is 0.197. The molecule has 1 aromatic rings. The number of allylic oxidation sites excluding steroid dienone is 4. The van der Waals surface area contributed by atoms with Crippen LogP contribution >= 0.6 is 0 Å². The predicted octanol–water partition coefficient (Wildman–Crippen LogP) is 4.19. The first-order chi connectivity index (χ1) is 10.00. The summed E-state index contributed by atoms with van der Waals surface area (Å²) in [6.07, 6.45) is -6.28. The van der Waals surface area contributed by atoms with Crippen molar-refractivity contribution >= 4 is 11.4 Å². The van der Waals surface area contributed by atoms with E-state index in [0.717, 1.165) is 19.2 Å². The Morgan fingerprint density at radius 2 is 1.64 bits per heavy atom. The molecule has 118 valence electrons. The smallest absolute Gasteiger partial charge is 0.294 e. The highest BCUT2D eigenvalue weighted by Gasteiger charge is 2.41. The Labute approximate surface area is 121 Å². The Kier molecular flexibility index (Phi) is 3.88. The minimum Gasteiger partial charge on any atom is -0.294 e. The summed E-state index contributed by atoms with van der Waals surface area (Å²) in [7, 11) is 0. The largest absolute Gasteiger partial charge is 0.417 e. The number of halogens is 6. The van der Waals surface area contributed by atoms with Gasteiger partial charge in [-0.1, -0.05) is 6.92 Å². The average molecular weight is 321 g/mol. The van der Waals surface area contributed by atoms with Crippen molar-refractivity contribution in [1.29, 1.82) is 0 Å². The molecule has 0 spiro atoms. The molecular weight excluding hydrogens is 312 g/mol. The molecule has 8 heteroatoms. The molecule has 0 amide bonds. The van der Waals surface area contributed by atoms with E-state index in [0.29, 0.717) is 18.3 Å². The van der Waals surface area contributed by atoms with Crippen LogP contribution in [0.2, 0.25) is 0 Å². The molecular formula is C14H9F6NO. The third-order valence-corrected chi connectivity index (χ3v) is 3.23. The van der Waals surface area contributed by atoms with E-state index in [1.165, 1.54) is 0 Å². The van der Waals surface area contributed by atoms with E-state index in [4.69, 9.17) is 0 Å². The van der Waals surface area contributed by atoms with Gasteiger partial charge in [-0.25, -0.2) is 0 Å². The number of carbonyl (C=O) groups excluding carboxylic acids is 1. The number of pyridine rings is 1. The summed E-state index contributed by atoms with van der Waals surface area (Å²) in [5.41, 5.74) is -2.63. The highest BCUT2D eigenvalue weighted by molar-refractivity contribution is 6.04. The predicted molar refractivity (Wildman–Crippen MR) is 65.5 cm³/mol. The van der Waals surface area contributed by atoms with Crippen LogP contribution < -0.4 is 0 Å². The van der Waals surface area contributed by atoms with E-state index in [9.17, 15) is 31.1 Å². The Bertz CT molecular complexity index is 669. The van der Waals surface area contributed by atoms with Gasteiger partial charge in [0.15, 0.2) is 5.78 Å². The van der Waals surface area contributed by atoms with Gasteiger partial charge < -0.3 is 0 Å². The zero-order valence-electron chi connectivity index (χ0n) is 11.1. The average Bonchev–Trinajstić information content (AvgIpc) is 2.39. The van der Waals surface area contributed by atoms with E-state index in [2.05, 4.69) is 4.98 Å². The number of nitrogens with zero attached hydrogens (tertiary/aromatic N) is 1. The number of aromatic nitrogens is 1. The van der Waals surface area contributed by atoms with Crippen molar-refractivity contribution in [3.05, 3.63) is 47.3 Å². The van der Waals surface area contributed by atoms with Crippen molar-refractivity contribution < 1.29 is 31.1 Å². The molecule has 0 N–H and O–H groups in total. The monoisotopic (exact) mass is 321 g/mol. The van der Waals surface area contributed by atoms with Gasteiger partial charge in [0.25, 0.3) is 0 Å². The van der Waals surface area contributed by atoms with Gasteiger partial charge >= 0.3 is 12.4 Å². The van der Waals surface area contributed by atoms with Gasteiger partial charge in [0, 0.05) is 29.4 Å². The van der Waals surface area contributed by atoms with Crippen LogP contribution in [0.3, 0.4) is 0 Å². The third kappa shape index (κ3) is 3.20. The summed E-state index contributed by atoms with van der Waals surface area (Å²) in [5, 5.41) is 0. The number of ketones is 1. The van der Waals surface area contributed by atoms with Crippen LogP contribution in [0.1, 0.15) is 18.1 Å². The zero-order valence-corrected chi connectivity index (χ0v) is 11.1. The summed E-state index contributed by atoms with van der Waals surface area (Å²) in [4.78, 5) is 15.0. The molecule has 0 saturated carbocycles. The van der Waals surface area contributed by atoms with E-state index >= 15 is 0 Å². The van der Waals surface area contributed by atoms with E-state index < -0.39 is 35.2 Å². The lowest BCUT2D eigenvalue weighted by Gasteiger charge is -2.21. The molecule has 2 rings (SSSR count). The molecule has 0 aliphatic heterocycles. The fraction of sp³-hybridized carbons (Fsp3) is 0.286. The minimum atomic E-state index is -4.73. The van der Waals surface area contributed by atoms with Gasteiger partial charge in [-0.15, -0.1) is 0 Å². The number of hydrogen-bond donors (Lipinski definition) is 0. The van der Waals surface area contributed by atoms with Crippen molar-refractivity contribution in [2.24, 2.45) is 5.92 Å². The summed E-state index contributed by atoms with van der Waals surface area (Å²) in [6, 6.07) is 0.659. The Balaban J connectivity index is 2.51. The molecule has 22 heavy (non-hydrogen) atoms. The zero-order chi connectivity index (χ0) is 16.7. The quantitative estimate of drug-likeness (QED) is 0.726. The van der Waals surface area contributed by atoms with Crippen LogP contribution in [0, 0.1) is 5.92 Å². The van der Waals surface area contributed by atoms with E-state index in [1.807, 2.05) is 0 Å². The molecule has 0 aromatic carbocycles. The highest BCUT2D eigenvalue weighted by atomic mass is 19.4. The maximum Gasteiger partial charge on any atom is 0.417 e. The molecule has 0 radical (unpaired) electrons. The van der Waals surface area contributed by atoms with Crippen LogP contribution in [-0.2, 0) is 11.0 Å². The lowest BCUT2D eigenvalue weighted by atomic mass is 9.86. The number of hydrogen-bond acceptors (Lipinski definition) is 2. The highest BCUT2D eigenvalue weighted by Crippen LogP contribution is 2.38. The standard InChI is InChI=1S/C14H9F6NO/c1-7-11(14(18,19)20)3-8(4-12(7)22)9-2-10(6-21-5-9)13(15,16)17/h2-7H,1H3. The Morgan fingerprint density at radius 3 is 2.18 bits per heavy atom. The molecule has 1 unspecified atom stereocenters. The van der Waals surface area contributed by atoms with Crippen LogP contribution in [-0.4, -0.2) is 16.9 Å². The van der Waals surface area contributed by atoms with Gasteiger partial charge in [-0.3, -0.25) is 9.78 Å². The van der Waals surface area contributed by atoms with Gasteiger partial charge in [0.2, 0.25) is 0 Å². The van der Waals surface area contributed by atoms with Crippen LogP contribution in [0.4, 0.5) is 26.3 Å². The van der Waals surface area contributed by atoms with Gasteiger partial charge in [-0.2, -0.15) is 26.3 Å². The van der Waals surface area contributed by atoms with E-state index in [-0.39, 0.29) is 11.1 Å². The molecule has 1 aliphatic carbocycles. The normalized spacial score (nSPS) is 19.8. The first-order valence-electron chi connectivity index (χ1n) is 6.07. The molecule has 1 aliphatic rings. The molecule has 1 aromatic heterocycles. The summed E-state index contributed by atoms with van der Waals surface area (Å²) in [6.45, 7) is 1.10. The van der Waals surface area contributed by atoms with Crippen LogP contribution in [0.25, 0.3) is 5.57 Å². The van der Waals surface area contributed by atoms with Crippen LogP contribution in [0.15, 0.2) is 36.2 Å². The molecule has 1 heterocycles. The number of carbonyl (C=O) groups is 1. The summed E-state index contributed by atoms with van der Waals surface area (Å²) in [5.74, 6) is -2.20. The second-order valence-electron chi connectivity index (χ2n) is 4.78. The third-order valence-electron chi connectivity index (χ3n) is 3.23. The summed E-state index contributed by atoms with van der Waals surface area (Å²) >= 11 is 0. The van der Waals surface area contributed by atoms with Crippen molar-refractivity contribution in [3.63, 3.8) is 0 Å². The van der Waals surface area contributed by atoms with Crippen molar-refractivity contribution in [1.82, 2.24) is 4.98 Å². The number of rotatable bonds is 1. The molecule has 0 bridgehead atoms. The summed E-state index contributed by atoms with van der Waals surface area (Å²) < 4.78 is 76.5. The molecule has 0 fully saturated rings. The SMILES string of the molecule is CC1C(=O)C=C(c2cncc(C(F)(F)F)c2)C=C1C(F)(F)F. The Morgan fingerprint density at radius 1 is 1.00 bits per heavy atom. The molecule has 2 nitrogen and oxygen atoms in total. The van der Waals surface area contributed by atoms with Gasteiger partial charge in [0.1, 0.15) is 0 Å². The van der Waals surface area contributed by atoms with Crippen molar-refractivity contribution in [2.75, 3.05) is 0 Å². The Hall–Kier alpha value is -2.12. The fourth-order valence-electron chi connectivity index (χ4n) is 2.01. The molecule has 1 atom stereocenters. The molecule has 0 saturated heterocycles. The van der Waals surface area contributed by atoms with Crippen molar-refractivity contribution in [2.45, 2.75) is 19.3 Å². The maximum atomic E-state index is 12.9. The van der Waals surface area contributed by atoms with Crippen molar-refractivity contribution in [3.8, 4) is 0 Å². The van der Waals surface area contributed by atoms with Gasteiger partial charge in [-0.05, 0) is 23.8 Å². The first-order valence-corrected chi connectivity index (χ1v) is 6.07. The first kappa shape index (κ1) is 16.3. The van der Waals surface area contributed by atoms with E-state index in [1.54, 1.807) is 0 Å². The second-order valence-corrected chi connectivity index (χ2v) is 4.78. The fourth-order valence-corrected chi connectivity index (χ4v) is 2.01. The number of alkyl halides is 6. The van der Waals surface area contributed by atoms with Crippen LogP contribution in [0.5, 0.6) is 0 Å². The lowest BCUT2D eigenvalue weighted by Crippen LogP contribution is -2.26.